The first-order valence-corrected chi connectivity index (χ1v) is 9.13. The third-order valence-electron chi connectivity index (χ3n) is 4.52. The molecule has 3 aromatic carbocycles. The molecule has 27 heavy (non-hydrogen) atoms. The summed E-state index contributed by atoms with van der Waals surface area (Å²) in [5.41, 5.74) is 5.02. The summed E-state index contributed by atoms with van der Waals surface area (Å²) < 4.78 is 1.79. The lowest BCUT2D eigenvalue weighted by molar-refractivity contribution is 0.825. The average Bonchev–Trinajstić information content (AvgIpc) is 3.13. The van der Waals surface area contributed by atoms with Crippen molar-refractivity contribution in [1.29, 1.82) is 0 Å². The highest BCUT2D eigenvalue weighted by Crippen LogP contribution is 2.38. The molecule has 2 heterocycles. The summed E-state index contributed by atoms with van der Waals surface area (Å²) >= 11 is 13.2. The van der Waals surface area contributed by atoms with Crippen LogP contribution in [-0.4, -0.2) is 20.0 Å². The van der Waals surface area contributed by atoms with Gasteiger partial charge in [-0.25, -0.2) is 9.67 Å². The maximum Gasteiger partial charge on any atom is 0.139 e. The van der Waals surface area contributed by atoms with Gasteiger partial charge in [0.1, 0.15) is 10.7 Å². The Morgan fingerprint density at radius 1 is 0.778 bits per heavy atom. The lowest BCUT2D eigenvalue weighted by Crippen LogP contribution is -1.97. The number of pyridine rings is 1. The highest BCUT2D eigenvalue weighted by molar-refractivity contribution is 6.42. The Morgan fingerprint density at radius 3 is 2.41 bits per heavy atom. The van der Waals surface area contributed by atoms with E-state index in [1.165, 1.54) is 0 Å². The molecule has 0 saturated carbocycles. The zero-order valence-electron chi connectivity index (χ0n) is 14.0. The number of hydrogen-bond acceptors (Lipinski definition) is 3. The van der Waals surface area contributed by atoms with Gasteiger partial charge in [0.15, 0.2) is 0 Å². The molecule has 2 aromatic heterocycles. The van der Waals surface area contributed by atoms with E-state index in [9.17, 15) is 0 Å². The fraction of sp³-hybridized carbons (Fsp3) is 0. The Bertz CT molecular complexity index is 1300. The molecule has 6 heteroatoms. The molecule has 0 spiro atoms. The number of rotatable bonds is 2. The van der Waals surface area contributed by atoms with Crippen LogP contribution in [0.3, 0.4) is 0 Å². The minimum Gasteiger partial charge on any atom is -0.235 e. The van der Waals surface area contributed by atoms with Gasteiger partial charge in [-0.3, -0.25) is 0 Å². The lowest BCUT2D eigenvalue weighted by atomic mass is 10.0. The summed E-state index contributed by atoms with van der Waals surface area (Å²) in [5, 5.41) is 10.3. The molecule has 0 N–H and O–H groups in total. The van der Waals surface area contributed by atoms with Crippen LogP contribution in [0.5, 0.6) is 0 Å². The van der Waals surface area contributed by atoms with Crippen LogP contribution in [0.25, 0.3) is 38.8 Å². The van der Waals surface area contributed by atoms with E-state index in [2.05, 4.69) is 15.3 Å². The van der Waals surface area contributed by atoms with E-state index in [0.29, 0.717) is 10.2 Å². The summed E-state index contributed by atoms with van der Waals surface area (Å²) in [6, 6.07) is 23.4. The topological polar surface area (TPSA) is 43.6 Å². The lowest BCUT2D eigenvalue weighted by Gasteiger charge is -2.11. The number of aromatic nitrogens is 4. The Morgan fingerprint density at radius 2 is 1.56 bits per heavy atom. The normalized spacial score (nSPS) is 11.3. The van der Waals surface area contributed by atoms with Gasteiger partial charge >= 0.3 is 0 Å². The first-order valence-electron chi connectivity index (χ1n) is 8.37. The van der Waals surface area contributed by atoms with Gasteiger partial charge in [0.25, 0.3) is 0 Å². The molecular weight excluding hydrogens is 379 g/mol. The largest absolute Gasteiger partial charge is 0.235 e. The van der Waals surface area contributed by atoms with Crippen LogP contribution in [0.4, 0.5) is 0 Å². The molecule has 5 rings (SSSR count). The van der Waals surface area contributed by atoms with E-state index in [0.717, 1.165) is 38.8 Å². The number of para-hydroxylation sites is 1. The van der Waals surface area contributed by atoms with Gasteiger partial charge in [-0.15, -0.1) is 5.10 Å². The number of halogens is 2. The van der Waals surface area contributed by atoms with Crippen LogP contribution in [0.15, 0.2) is 72.8 Å². The van der Waals surface area contributed by atoms with Gasteiger partial charge in [0.2, 0.25) is 0 Å². The van der Waals surface area contributed by atoms with Gasteiger partial charge in [-0.05, 0) is 35.9 Å². The van der Waals surface area contributed by atoms with E-state index in [-0.39, 0.29) is 0 Å². The molecule has 0 fully saturated rings. The van der Waals surface area contributed by atoms with Crippen LogP contribution < -0.4 is 0 Å². The zero-order valence-corrected chi connectivity index (χ0v) is 15.5. The third-order valence-corrected chi connectivity index (χ3v) is 5.19. The number of fused-ring (bicyclic) bond motifs is 2. The summed E-state index contributed by atoms with van der Waals surface area (Å²) in [6.45, 7) is 0. The predicted octanol–water partition coefficient (Wildman–Crippen LogP) is 5.94. The quantitative estimate of drug-likeness (QED) is 0.350. The predicted molar refractivity (Wildman–Crippen MR) is 110 cm³/mol. The van der Waals surface area contributed by atoms with Crippen molar-refractivity contribution in [2.24, 2.45) is 0 Å². The molecule has 5 aromatic rings. The van der Waals surface area contributed by atoms with Crippen molar-refractivity contribution in [3.05, 3.63) is 83.0 Å². The van der Waals surface area contributed by atoms with Crippen molar-refractivity contribution >= 4 is 45.1 Å². The fourth-order valence-electron chi connectivity index (χ4n) is 3.23. The molecular formula is C21H12Cl2N4. The summed E-state index contributed by atoms with van der Waals surface area (Å²) in [6.07, 6.45) is 0. The van der Waals surface area contributed by atoms with Crippen molar-refractivity contribution in [1.82, 2.24) is 20.0 Å². The fourth-order valence-corrected chi connectivity index (χ4v) is 3.92. The first kappa shape index (κ1) is 16.2. The molecule has 0 bridgehead atoms. The van der Waals surface area contributed by atoms with Gasteiger partial charge < -0.3 is 0 Å². The van der Waals surface area contributed by atoms with Crippen molar-refractivity contribution in [3.63, 3.8) is 0 Å². The van der Waals surface area contributed by atoms with Crippen LogP contribution in [-0.2, 0) is 0 Å². The van der Waals surface area contributed by atoms with E-state index < -0.39 is 0 Å². The summed E-state index contributed by atoms with van der Waals surface area (Å²) in [4.78, 5) is 4.53. The molecule has 0 amide bonds. The first-order chi connectivity index (χ1) is 13.2. The van der Waals surface area contributed by atoms with Gasteiger partial charge in [-0.2, -0.15) is 0 Å². The third kappa shape index (κ3) is 2.65. The van der Waals surface area contributed by atoms with Crippen LogP contribution in [0, 0.1) is 0 Å². The average molecular weight is 391 g/mol. The van der Waals surface area contributed by atoms with Crippen molar-refractivity contribution in [3.8, 4) is 16.8 Å². The minimum absolute atomic E-state index is 0.387. The minimum atomic E-state index is 0.387. The molecule has 0 radical (unpaired) electrons. The maximum absolute atomic E-state index is 6.76. The van der Waals surface area contributed by atoms with Crippen molar-refractivity contribution in [2.75, 3.05) is 0 Å². The zero-order chi connectivity index (χ0) is 18.4. The molecule has 4 nitrogen and oxygen atoms in total. The van der Waals surface area contributed by atoms with Crippen LogP contribution >= 0.6 is 23.2 Å². The summed E-state index contributed by atoms with van der Waals surface area (Å²) in [7, 11) is 0. The SMILES string of the molecule is Clc1nc2ccc(-n3nnc4ccccc43)cc2c(Cl)c1-c1ccccc1. The molecule has 0 saturated heterocycles. The number of nitrogens with zero attached hydrogens (tertiary/aromatic N) is 4. The molecule has 130 valence electrons. The Hall–Kier alpha value is -2.95. The second kappa shape index (κ2) is 6.34. The Kier molecular flexibility index (Phi) is 3.81. The molecule has 0 unspecified atom stereocenters. The summed E-state index contributed by atoms with van der Waals surface area (Å²) in [5.74, 6) is 0. The molecule has 0 aliphatic heterocycles. The van der Waals surface area contributed by atoms with E-state index in [4.69, 9.17) is 23.2 Å². The van der Waals surface area contributed by atoms with Gasteiger partial charge in [0, 0.05) is 10.9 Å². The van der Waals surface area contributed by atoms with Crippen LogP contribution in [0.2, 0.25) is 10.2 Å². The Balaban J connectivity index is 1.76. The van der Waals surface area contributed by atoms with Crippen molar-refractivity contribution < 1.29 is 0 Å². The van der Waals surface area contributed by atoms with E-state index in [1.807, 2.05) is 72.8 Å². The molecule has 0 atom stereocenters. The standard InChI is InChI=1S/C21H12Cl2N4/c22-20-15-12-14(27-18-9-5-4-8-17(18)25-26-27)10-11-16(15)24-21(23)19(20)13-6-2-1-3-7-13/h1-12H. The maximum atomic E-state index is 6.76. The monoisotopic (exact) mass is 390 g/mol. The van der Waals surface area contributed by atoms with Gasteiger partial charge in [0.05, 0.1) is 21.7 Å². The molecule has 0 aliphatic carbocycles. The second-order valence-corrected chi connectivity index (χ2v) is 6.89. The highest BCUT2D eigenvalue weighted by Gasteiger charge is 2.15. The molecule has 0 aliphatic rings. The number of benzene rings is 3. The van der Waals surface area contributed by atoms with Crippen molar-refractivity contribution in [2.45, 2.75) is 0 Å². The Labute approximate surface area is 165 Å². The highest BCUT2D eigenvalue weighted by atomic mass is 35.5. The second-order valence-electron chi connectivity index (χ2n) is 6.15. The number of hydrogen-bond donors (Lipinski definition) is 0. The smallest absolute Gasteiger partial charge is 0.139 e. The van der Waals surface area contributed by atoms with Crippen LogP contribution in [0.1, 0.15) is 0 Å². The van der Waals surface area contributed by atoms with E-state index >= 15 is 0 Å². The van der Waals surface area contributed by atoms with Gasteiger partial charge in [-0.1, -0.05) is 70.9 Å². The van der Waals surface area contributed by atoms with E-state index in [1.54, 1.807) is 4.68 Å².